The molecule has 2 atom stereocenters. The molecule has 0 aliphatic carbocycles. The quantitative estimate of drug-likeness (QED) is 0.575. The molecule has 0 saturated heterocycles. The van der Waals surface area contributed by atoms with E-state index in [1.165, 1.54) is 0 Å². The van der Waals surface area contributed by atoms with Crippen LogP contribution in [0.2, 0.25) is 0 Å². The molecule has 0 amide bonds. The molecule has 0 aromatic carbocycles. The van der Waals surface area contributed by atoms with Crippen LogP contribution in [-0.2, 0) is 9.47 Å². The number of hydrogen-bond acceptors (Lipinski definition) is 5. The Hall–Kier alpha value is -0.200. The van der Waals surface area contributed by atoms with E-state index < -0.39 is 12.2 Å². The van der Waals surface area contributed by atoms with Crippen LogP contribution in [0.1, 0.15) is 13.8 Å². The third-order valence-electron chi connectivity index (χ3n) is 2.03. The number of rotatable bonds is 9. The van der Waals surface area contributed by atoms with Crippen molar-refractivity contribution < 1.29 is 19.7 Å². The molecule has 5 heteroatoms. The summed E-state index contributed by atoms with van der Waals surface area (Å²) in [7, 11) is 3.39. The minimum absolute atomic E-state index is 0.124. The van der Waals surface area contributed by atoms with Crippen molar-refractivity contribution in [3.63, 3.8) is 0 Å². The lowest BCUT2D eigenvalue weighted by atomic mass is 10.3. The summed E-state index contributed by atoms with van der Waals surface area (Å²) in [6.07, 6.45) is -0.922. The van der Waals surface area contributed by atoms with Crippen molar-refractivity contribution in [3.8, 4) is 0 Å². The highest BCUT2D eigenvalue weighted by molar-refractivity contribution is 4.65. The maximum Gasteiger partial charge on any atom is 0.0900 e. The molecule has 0 aliphatic rings. The zero-order valence-corrected chi connectivity index (χ0v) is 10.7. The molecular formula is C11H25NO4. The fourth-order valence-electron chi connectivity index (χ4n) is 1.40. The smallest absolute Gasteiger partial charge is 0.0900 e. The Morgan fingerprint density at radius 2 is 1.56 bits per heavy atom. The summed E-state index contributed by atoms with van der Waals surface area (Å²) in [6.45, 7) is 5.45. The lowest BCUT2D eigenvalue weighted by Crippen LogP contribution is -2.38. The van der Waals surface area contributed by atoms with E-state index in [2.05, 4.69) is 0 Å². The topological polar surface area (TPSA) is 62.2 Å². The Morgan fingerprint density at radius 3 is 2.00 bits per heavy atom. The summed E-state index contributed by atoms with van der Waals surface area (Å²) in [5, 5.41) is 19.1. The molecule has 2 unspecified atom stereocenters. The predicted molar refractivity (Wildman–Crippen MR) is 62.5 cm³/mol. The number of aliphatic hydroxyl groups is 2. The van der Waals surface area contributed by atoms with Gasteiger partial charge in [0.2, 0.25) is 0 Å². The average molecular weight is 235 g/mol. The number of nitrogens with zero attached hydrogens (tertiary/aromatic N) is 1. The van der Waals surface area contributed by atoms with Gasteiger partial charge in [-0.3, -0.25) is 0 Å². The predicted octanol–water partition coefficient (Wildman–Crippen LogP) is -0.289. The third-order valence-corrected chi connectivity index (χ3v) is 2.03. The van der Waals surface area contributed by atoms with Gasteiger partial charge < -0.3 is 24.6 Å². The summed E-state index contributed by atoms with van der Waals surface area (Å²) < 4.78 is 10.1. The molecule has 0 radical (unpaired) electrons. The monoisotopic (exact) mass is 235 g/mol. The van der Waals surface area contributed by atoms with Crippen molar-refractivity contribution in [3.05, 3.63) is 0 Å². The molecule has 5 nitrogen and oxygen atoms in total. The Balaban J connectivity index is 3.64. The van der Waals surface area contributed by atoms with Gasteiger partial charge in [-0.05, 0) is 20.9 Å². The molecule has 98 valence electrons. The van der Waals surface area contributed by atoms with Gasteiger partial charge in [0.25, 0.3) is 0 Å². The van der Waals surface area contributed by atoms with Gasteiger partial charge in [0.1, 0.15) is 0 Å². The Morgan fingerprint density at radius 1 is 1.06 bits per heavy atom. The molecule has 0 spiro atoms. The van der Waals surface area contributed by atoms with E-state index in [0.29, 0.717) is 26.3 Å². The van der Waals surface area contributed by atoms with Crippen LogP contribution in [0.4, 0.5) is 0 Å². The highest BCUT2D eigenvalue weighted by Crippen LogP contribution is 1.96. The van der Waals surface area contributed by atoms with Gasteiger partial charge in [-0.25, -0.2) is 0 Å². The van der Waals surface area contributed by atoms with Crippen molar-refractivity contribution in [1.82, 2.24) is 4.90 Å². The summed E-state index contributed by atoms with van der Waals surface area (Å²) in [5.74, 6) is 0. The van der Waals surface area contributed by atoms with Gasteiger partial charge in [-0.1, -0.05) is 0 Å². The molecular weight excluding hydrogens is 210 g/mol. The fraction of sp³-hybridized carbons (Fsp3) is 1.00. The van der Waals surface area contributed by atoms with Gasteiger partial charge in [0.05, 0.1) is 31.5 Å². The molecule has 0 aromatic rings. The van der Waals surface area contributed by atoms with Crippen LogP contribution < -0.4 is 0 Å². The molecule has 2 N–H and O–H groups in total. The van der Waals surface area contributed by atoms with Gasteiger partial charge >= 0.3 is 0 Å². The minimum atomic E-state index is -0.526. The zero-order valence-electron chi connectivity index (χ0n) is 10.7. The van der Waals surface area contributed by atoms with Crippen molar-refractivity contribution in [2.24, 2.45) is 0 Å². The second kappa shape index (κ2) is 8.90. The third kappa shape index (κ3) is 9.06. The Kier molecular flexibility index (Phi) is 8.78. The summed E-state index contributed by atoms with van der Waals surface area (Å²) in [4.78, 5) is 1.86. The highest BCUT2D eigenvalue weighted by atomic mass is 16.5. The first-order valence-electron chi connectivity index (χ1n) is 5.61. The van der Waals surface area contributed by atoms with Crippen LogP contribution in [-0.4, -0.2) is 73.9 Å². The van der Waals surface area contributed by atoms with Crippen LogP contribution in [0.5, 0.6) is 0 Å². The molecule has 0 aliphatic heterocycles. The molecule has 0 heterocycles. The standard InChI is InChI=1S/C11H25NO4/c1-9(2)16-8-11(14)6-12(3)5-10(13)7-15-4/h9-11,13-14H,5-8H2,1-4H3. The summed E-state index contributed by atoms with van der Waals surface area (Å²) in [5.41, 5.74) is 0. The van der Waals surface area contributed by atoms with E-state index in [9.17, 15) is 10.2 Å². The van der Waals surface area contributed by atoms with Crippen molar-refractivity contribution in [2.45, 2.75) is 32.2 Å². The lowest BCUT2D eigenvalue weighted by Gasteiger charge is -2.23. The van der Waals surface area contributed by atoms with Crippen molar-refractivity contribution in [1.29, 1.82) is 0 Å². The Labute approximate surface area is 98.0 Å². The minimum Gasteiger partial charge on any atom is -0.389 e. The molecule has 0 saturated carbocycles. The van der Waals surface area contributed by atoms with Gasteiger partial charge in [-0.15, -0.1) is 0 Å². The maximum absolute atomic E-state index is 9.63. The zero-order chi connectivity index (χ0) is 12.6. The van der Waals surface area contributed by atoms with Gasteiger partial charge in [0.15, 0.2) is 0 Å². The number of likely N-dealkylation sites (N-methyl/N-ethyl adjacent to an activating group) is 1. The Bertz CT molecular complexity index is 166. The van der Waals surface area contributed by atoms with Crippen LogP contribution in [0, 0.1) is 0 Å². The van der Waals surface area contributed by atoms with Gasteiger partial charge in [-0.2, -0.15) is 0 Å². The molecule has 16 heavy (non-hydrogen) atoms. The van der Waals surface area contributed by atoms with E-state index in [0.717, 1.165) is 0 Å². The summed E-state index contributed by atoms with van der Waals surface area (Å²) in [6, 6.07) is 0. The fourth-order valence-corrected chi connectivity index (χ4v) is 1.40. The van der Waals surface area contributed by atoms with E-state index in [1.807, 2.05) is 25.8 Å². The number of methoxy groups -OCH3 is 1. The first kappa shape index (κ1) is 15.8. The second-order valence-electron chi connectivity index (χ2n) is 4.37. The lowest BCUT2D eigenvalue weighted by molar-refractivity contribution is -0.0148. The highest BCUT2D eigenvalue weighted by Gasteiger charge is 2.12. The number of ether oxygens (including phenoxy) is 2. The van der Waals surface area contributed by atoms with E-state index >= 15 is 0 Å². The molecule has 0 fully saturated rings. The maximum atomic E-state index is 9.63. The average Bonchev–Trinajstić information content (AvgIpc) is 2.14. The van der Waals surface area contributed by atoms with Gasteiger partial charge in [0, 0.05) is 20.2 Å². The number of hydrogen-bond donors (Lipinski definition) is 2. The molecule has 0 bridgehead atoms. The first-order chi connectivity index (χ1) is 7.45. The van der Waals surface area contributed by atoms with Crippen LogP contribution >= 0.6 is 0 Å². The van der Waals surface area contributed by atoms with Crippen molar-refractivity contribution >= 4 is 0 Å². The van der Waals surface area contributed by atoms with Crippen LogP contribution in [0.25, 0.3) is 0 Å². The largest absolute Gasteiger partial charge is 0.389 e. The second-order valence-corrected chi connectivity index (χ2v) is 4.37. The first-order valence-corrected chi connectivity index (χ1v) is 5.61. The van der Waals surface area contributed by atoms with Crippen molar-refractivity contribution in [2.75, 3.05) is 40.5 Å². The SMILES string of the molecule is COCC(O)CN(C)CC(O)COC(C)C. The normalized spacial score (nSPS) is 15.8. The van der Waals surface area contributed by atoms with Crippen LogP contribution in [0.3, 0.4) is 0 Å². The van der Waals surface area contributed by atoms with Crippen LogP contribution in [0.15, 0.2) is 0 Å². The molecule has 0 aromatic heterocycles. The number of aliphatic hydroxyl groups excluding tert-OH is 2. The summed E-state index contributed by atoms with van der Waals surface area (Å²) >= 11 is 0. The van der Waals surface area contributed by atoms with E-state index in [-0.39, 0.29) is 6.10 Å². The molecule has 0 rings (SSSR count). The van der Waals surface area contributed by atoms with E-state index in [4.69, 9.17) is 9.47 Å². The van der Waals surface area contributed by atoms with E-state index in [1.54, 1.807) is 7.11 Å².